The third kappa shape index (κ3) is 3.08. The Morgan fingerprint density at radius 3 is 2.70 bits per heavy atom. The lowest BCUT2D eigenvalue weighted by molar-refractivity contribution is 0.0902. The average molecular weight is 271 g/mol. The lowest BCUT2D eigenvalue weighted by Gasteiger charge is -2.28. The van der Waals surface area contributed by atoms with Crippen LogP contribution >= 0.6 is 0 Å². The van der Waals surface area contributed by atoms with Crippen molar-refractivity contribution < 1.29 is 5.11 Å². The first-order valence-corrected chi connectivity index (χ1v) is 7.31. The molecule has 4 nitrogen and oxygen atoms in total. The molecule has 1 saturated carbocycles. The largest absolute Gasteiger partial charge is 0.392 e. The van der Waals surface area contributed by atoms with Crippen LogP contribution in [-0.4, -0.2) is 26.8 Å². The molecule has 1 aromatic heterocycles. The highest BCUT2D eigenvalue weighted by Gasteiger charge is 2.21. The Hall–Kier alpha value is -1.65. The Kier molecular flexibility index (Phi) is 4.14. The molecule has 20 heavy (non-hydrogen) atoms. The second kappa shape index (κ2) is 6.20. The zero-order valence-electron chi connectivity index (χ0n) is 11.6. The van der Waals surface area contributed by atoms with Crippen molar-refractivity contribution in [1.29, 1.82) is 0 Å². The fraction of sp³-hybridized carbons (Fsp3) is 0.438. The lowest BCUT2D eigenvalue weighted by Crippen LogP contribution is -2.41. The predicted molar refractivity (Wildman–Crippen MR) is 78.7 cm³/mol. The Bertz CT molecular complexity index is 521. The van der Waals surface area contributed by atoms with Gasteiger partial charge in [-0.15, -0.1) is 0 Å². The van der Waals surface area contributed by atoms with E-state index in [-0.39, 0.29) is 12.1 Å². The van der Waals surface area contributed by atoms with Crippen LogP contribution in [0.1, 0.15) is 31.2 Å². The molecule has 2 aromatic rings. The van der Waals surface area contributed by atoms with Gasteiger partial charge in [0.25, 0.3) is 0 Å². The molecule has 0 aliphatic heterocycles. The molecule has 0 saturated heterocycles. The van der Waals surface area contributed by atoms with Crippen LogP contribution < -0.4 is 5.32 Å². The number of hydrogen-bond donors (Lipinski definition) is 2. The molecule has 0 amide bonds. The van der Waals surface area contributed by atoms with Gasteiger partial charge in [-0.25, -0.2) is 4.98 Å². The summed E-state index contributed by atoms with van der Waals surface area (Å²) in [7, 11) is 0. The van der Waals surface area contributed by atoms with E-state index in [2.05, 4.69) is 34.6 Å². The normalized spacial score (nSPS) is 22.9. The smallest absolute Gasteiger partial charge is 0.0991 e. The van der Waals surface area contributed by atoms with E-state index in [9.17, 15) is 5.11 Å². The molecule has 1 fully saturated rings. The van der Waals surface area contributed by atoms with Crippen LogP contribution in [0, 0.1) is 0 Å². The van der Waals surface area contributed by atoms with Crippen LogP contribution in [0.25, 0.3) is 5.69 Å². The first-order chi connectivity index (χ1) is 9.83. The lowest BCUT2D eigenvalue weighted by atomic mass is 9.92. The predicted octanol–water partition coefficient (Wildman–Crippen LogP) is 2.27. The highest BCUT2D eigenvalue weighted by Crippen LogP contribution is 2.19. The van der Waals surface area contributed by atoms with Crippen LogP contribution in [-0.2, 0) is 6.54 Å². The van der Waals surface area contributed by atoms with Crippen molar-refractivity contribution in [2.24, 2.45) is 0 Å². The van der Waals surface area contributed by atoms with Gasteiger partial charge in [-0.2, -0.15) is 0 Å². The van der Waals surface area contributed by atoms with Gasteiger partial charge in [0, 0.05) is 30.7 Å². The van der Waals surface area contributed by atoms with Crippen molar-refractivity contribution in [1.82, 2.24) is 14.9 Å². The van der Waals surface area contributed by atoms with Gasteiger partial charge in [-0.3, -0.25) is 0 Å². The maximum Gasteiger partial charge on any atom is 0.0991 e. The number of aromatic nitrogens is 2. The number of imidazole rings is 1. The van der Waals surface area contributed by atoms with Crippen LogP contribution in [0.4, 0.5) is 0 Å². The summed E-state index contributed by atoms with van der Waals surface area (Å²) in [5.41, 5.74) is 2.36. The van der Waals surface area contributed by atoms with Gasteiger partial charge >= 0.3 is 0 Å². The molecule has 0 unspecified atom stereocenters. The zero-order valence-corrected chi connectivity index (χ0v) is 11.6. The minimum Gasteiger partial charge on any atom is -0.392 e. The highest BCUT2D eigenvalue weighted by molar-refractivity contribution is 5.34. The number of benzene rings is 1. The van der Waals surface area contributed by atoms with Crippen molar-refractivity contribution >= 4 is 0 Å². The highest BCUT2D eigenvalue weighted by atomic mass is 16.3. The second-order valence-electron chi connectivity index (χ2n) is 5.48. The monoisotopic (exact) mass is 271 g/mol. The Morgan fingerprint density at radius 1 is 1.20 bits per heavy atom. The Labute approximate surface area is 119 Å². The first-order valence-electron chi connectivity index (χ1n) is 7.31. The molecule has 1 aliphatic carbocycles. The zero-order chi connectivity index (χ0) is 13.8. The summed E-state index contributed by atoms with van der Waals surface area (Å²) in [5.74, 6) is 0. The van der Waals surface area contributed by atoms with E-state index < -0.39 is 0 Å². The summed E-state index contributed by atoms with van der Waals surface area (Å²) >= 11 is 0. The summed E-state index contributed by atoms with van der Waals surface area (Å²) < 4.78 is 1.99. The second-order valence-corrected chi connectivity index (χ2v) is 5.48. The minimum absolute atomic E-state index is 0.186. The van der Waals surface area contributed by atoms with Gasteiger partial charge in [0.05, 0.1) is 12.4 Å². The Morgan fingerprint density at radius 2 is 2.00 bits per heavy atom. The fourth-order valence-electron chi connectivity index (χ4n) is 2.80. The van der Waals surface area contributed by atoms with Gasteiger partial charge in [0.2, 0.25) is 0 Å². The molecule has 4 heteroatoms. The van der Waals surface area contributed by atoms with E-state index in [0.717, 1.165) is 31.5 Å². The van der Waals surface area contributed by atoms with Crippen molar-refractivity contribution in [2.45, 2.75) is 44.4 Å². The third-order valence-electron chi connectivity index (χ3n) is 4.04. The molecule has 0 spiro atoms. The summed E-state index contributed by atoms with van der Waals surface area (Å²) in [4.78, 5) is 4.05. The van der Waals surface area contributed by atoms with Crippen LogP contribution in [0.3, 0.4) is 0 Å². The van der Waals surface area contributed by atoms with Crippen molar-refractivity contribution in [2.75, 3.05) is 0 Å². The molecule has 0 radical (unpaired) electrons. The topological polar surface area (TPSA) is 50.1 Å². The maximum absolute atomic E-state index is 9.94. The molecule has 1 heterocycles. The first kappa shape index (κ1) is 13.3. The van der Waals surface area contributed by atoms with Crippen LogP contribution in [0.15, 0.2) is 43.0 Å². The quantitative estimate of drug-likeness (QED) is 0.897. The number of aliphatic hydroxyl groups is 1. The van der Waals surface area contributed by atoms with Gasteiger partial charge in [-0.05, 0) is 30.5 Å². The molecule has 3 rings (SSSR count). The Balaban J connectivity index is 1.58. The SMILES string of the molecule is O[C@H]1CCCC[C@H]1NCc1ccc(-n2ccnc2)cc1. The summed E-state index contributed by atoms with van der Waals surface area (Å²) in [6.07, 6.45) is 9.70. The van der Waals surface area contributed by atoms with E-state index in [1.165, 1.54) is 12.0 Å². The minimum atomic E-state index is -0.186. The molecule has 0 bridgehead atoms. The van der Waals surface area contributed by atoms with Crippen LogP contribution in [0.5, 0.6) is 0 Å². The van der Waals surface area contributed by atoms with Gasteiger partial charge < -0.3 is 15.0 Å². The number of hydrogen-bond acceptors (Lipinski definition) is 3. The number of nitrogens with zero attached hydrogens (tertiary/aromatic N) is 2. The van der Waals surface area contributed by atoms with Crippen molar-refractivity contribution in [3.05, 3.63) is 48.5 Å². The fourth-order valence-corrected chi connectivity index (χ4v) is 2.80. The van der Waals surface area contributed by atoms with Crippen molar-refractivity contribution in [3.63, 3.8) is 0 Å². The summed E-state index contributed by atoms with van der Waals surface area (Å²) in [6.45, 7) is 0.811. The van der Waals surface area contributed by atoms with Gasteiger partial charge in [0.1, 0.15) is 0 Å². The van der Waals surface area contributed by atoms with E-state index in [4.69, 9.17) is 0 Å². The number of aliphatic hydroxyl groups excluding tert-OH is 1. The standard InChI is InChI=1S/C16H21N3O/c20-16-4-2-1-3-15(16)18-11-13-5-7-14(8-6-13)19-10-9-17-12-19/h5-10,12,15-16,18,20H,1-4,11H2/t15-,16+/m1/s1. The molecular weight excluding hydrogens is 250 g/mol. The van der Waals surface area contributed by atoms with E-state index in [0.29, 0.717) is 0 Å². The van der Waals surface area contributed by atoms with Gasteiger partial charge in [-0.1, -0.05) is 25.0 Å². The van der Waals surface area contributed by atoms with E-state index >= 15 is 0 Å². The molecule has 2 N–H and O–H groups in total. The molecule has 106 valence electrons. The third-order valence-corrected chi connectivity index (χ3v) is 4.04. The van der Waals surface area contributed by atoms with Crippen molar-refractivity contribution in [3.8, 4) is 5.69 Å². The molecule has 1 aliphatic rings. The van der Waals surface area contributed by atoms with E-state index in [1.807, 2.05) is 10.8 Å². The summed E-state index contributed by atoms with van der Waals surface area (Å²) in [5, 5.41) is 13.4. The number of rotatable bonds is 4. The van der Waals surface area contributed by atoms with Crippen LogP contribution in [0.2, 0.25) is 0 Å². The summed E-state index contributed by atoms with van der Waals surface area (Å²) in [6, 6.07) is 8.68. The molecule has 2 atom stereocenters. The molecular formula is C16H21N3O. The van der Waals surface area contributed by atoms with E-state index in [1.54, 1.807) is 12.5 Å². The maximum atomic E-state index is 9.94. The average Bonchev–Trinajstić information content (AvgIpc) is 3.01. The van der Waals surface area contributed by atoms with Gasteiger partial charge in [0.15, 0.2) is 0 Å². The number of nitrogens with one attached hydrogen (secondary N) is 1. The molecule has 1 aromatic carbocycles.